The molecule has 42 heavy (non-hydrogen) atoms. The number of benzene rings is 2. The number of hydrogen-bond acceptors (Lipinski definition) is 6. The highest BCUT2D eigenvalue weighted by Gasteiger charge is 2.75. The lowest BCUT2D eigenvalue weighted by Gasteiger charge is -2.40. The first-order valence-corrected chi connectivity index (χ1v) is 15.7. The molecule has 5 rings (SSSR count). The van der Waals surface area contributed by atoms with Gasteiger partial charge in [0, 0.05) is 11.8 Å². The quantitative estimate of drug-likeness (QED) is 0.194. The Morgan fingerprint density at radius 1 is 1.21 bits per heavy atom. The Balaban J connectivity index is 1.61. The van der Waals surface area contributed by atoms with Gasteiger partial charge < -0.3 is 19.6 Å². The van der Waals surface area contributed by atoms with Crippen molar-refractivity contribution in [1.29, 1.82) is 0 Å². The van der Waals surface area contributed by atoms with Crippen LogP contribution in [0.1, 0.15) is 42.9 Å². The second-order valence-electron chi connectivity index (χ2n) is 11.2. The monoisotopic (exact) mass is 608 g/mol. The van der Waals surface area contributed by atoms with Gasteiger partial charge in [-0.3, -0.25) is 14.4 Å². The Morgan fingerprint density at radius 2 is 1.98 bits per heavy atom. The number of unbranched alkanes of at least 4 members (excludes halogenated alkanes) is 1. The highest BCUT2D eigenvalue weighted by Crippen LogP contribution is 2.67. The predicted octanol–water partition coefficient (Wildman–Crippen LogP) is 5.50. The zero-order valence-corrected chi connectivity index (χ0v) is 25.4. The molecule has 7 nitrogen and oxygen atoms in total. The summed E-state index contributed by atoms with van der Waals surface area (Å²) in [6.45, 7) is 9.55. The summed E-state index contributed by atoms with van der Waals surface area (Å²) in [7, 11) is 0. The number of carbonyl (C=O) groups excluding carboxylic acids is 3. The summed E-state index contributed by atoms with van der Waals surface area (Å²) in [5.74, 6) is -2.39. The maximum atomic E-state index is 14.9. The van der Waals surface area contributed by atoms with E-state index in [1.807, 2.05) is 49.4 Å². The molecule has 3 saturated heterocycles. The Labute approximate surface area is 256 Å². The summed E-state index contributed by atoms with van der Waals surface area (Å²) in [4.78, 5) is 46.1. The van der Waals surface area contributed by atoms with Crippen LogP contribution in [0.2, 0.25) is 5.02 Å². The zero-order chi connectivity index (χ0) is 30.0. The Kier molecular flexibility index (Phi) is 9.16. The predicted molar refractivity (Wildman–Crippen MR) is 166 cm³/mol. The van der Waals surface area contributed by atoms with Gasteiger partial charge in [0.25, 0.3) is 5.91 Å². The molecule has 3 aliphatic rings. The maximum Gasteiger partial charge on any atom is 0.310 e. The summed E-state index contributed by atoms with van der Waals surface area (Å²) in [6.07, 6.45) is 6.09. The van der Waals surface area contributed by atoms with Gasteiger partial charge in [0.2, 0.25) is 5.91 Å². The van der Waals surface area contributed by atoms with Gasteiger partial charge in [-0.05, 0) is 49.8 Å². The summed E-state index contributed by atoms with van der Waals surface area (Å²) in [6, 6.07) is 13.0. The molecule has 2 unspecified atom stereocenters. The van der Waals surface area contributed by atoms with Crippen LogP contribution in [0.3, 0.4) is 0 Å². The summed E-state index contributed by atoms with van der Waals surface area (Å²) >= 11 is 8.23. The lowest BCUT2D eigenvalue weighted by atomic mass is 9.71. The first-order valence-electron chi connectivity index (χ1n) is 14.4. The van der Waals surface area contributed by atoms with E-state index in [1.54, 1.807) is 39.8 Å². The molecule has 0 aliphatic carbocycles. The molecule has 1 spiro atoms. The van der Waals surface area contributed by atoms with Gasteiger partial charge in [0.15, 0.2) is 0 Å². The molecule has 3 heterocycles. The fourth-order valence-electron chi connectivity index (χ4n) is 7.03. The second-order valence-corrected chi connectivity index (χ2v) is 13.2. The van der Waals surface area contributed by atoms with Crippen molar-refractivity contribution in [2.75, 3.05) is 24.7 Å². The van der Waals surface area contributed by atoms with Crippen LogP contribution in [0.25, 0.3) is 0 Å². The van der Waals surface area contributed by atoms with E-state index in [-0.39, 0.29) is 36.8 Å². The van der Waals surface area contributed by atoms with E-state index in [2.05, 4.69) is 13.2 Å². The van der Waals surface area contributed by atoms with Crippen LogP contribution >= 0.6 is 23.4 Å². The molecule has 2 bridgehead atoms. The second kappa shape index (κ2) is 12.7. The van der Waals surface area contributed by atoms with E-state index >= 15 is 0 Å². The summed E-state index contributed by atoms with van der Waals surface area (Å²) < 4.78 is 4.83. The molecule has 2 amide bonds. The van der Waals surface area contributed by atoms with Crippen LogP contribution in [0.4, 0.5) is 5.69 Å². The van der Waals surface area contributed by atoms with E-state index in [0.717, 1.165) is 17.5 Å². The number of hydrogen-bond donors (Lipinski definition) is 1. The molecule has 222 valence electrons. The molecule has 2 aromatic carbocycles. The molecule has 0 radical (unpaired) electrons. The topological polar surface area (TPSA) is 87.1 Å². The molecule has 1 N–H and O–H groups in total. The number of amides is 2. The van der Waals surface area contributed by atoms with Gasteiger partial charge >= 0.3 is 5.97 Å². The van der Waals surface area contributed by atoms with Crippen molar-refractivity contribution < 1.29 is 24.2 Å². The van der Waals surface area contributed by atoms with Gasteiger partial charge in [-0.2, -0.15) is 0 Å². The number of esters is 1. The average Bonchev–Trinajstić information content (AvgIpc) is 3.63. The summed E-state index contributed by atoms with van der Waals surface area (Å²) in [5.41, 5.74) is 2.09. The number of nitrogens with zero attached hydrogens (tertiary/aromatic N) is 2. The fraction of sp³-hybridized carbons (Fsp3) is 0.424. The lowest BCUT2D eigenvalue weighted by molar-refractivity contribution is -0.154. The number of thioether (sulfide) groups is 1. The van der Waals surface area contributed by atoms with Crippen molar-refractivity contribution in [1.82, 2.24) is 4.90 Å². The largest absolute Gasteiger partial charge is 0.465 e. The number of anilines is 1. The third-order valence-electron chi connectivity index (χ3n) is 8.77. The molecular formula is C33H37ClN2O5S. The number of aryl methyl sites for hydroxylation is 1. The van der Waals surface area contributed by atoms with Crippen LogP contribution in [0.5, 0.6) is 0 Å². The Bertz CT molecular complexity index is 1350. The normalized spacial score (nSPS) is 26.5. The van der Waals surface area contributed by atoms with Crippen LogP contribution in [0.15, 0.2) is 73.8 Å². The highest BCUT2D eigenvalue weighted by molar-refractivity contribution is 8.02. The summed E-state index contributed by atoms with van der Waals surface area (Å²) in [5, 5.41) is 11.0. The number of aliphatic hydroxyl groups excluding tert-OH is 1. The van der Waals surface area contributed by atoms with E-state index in [1.165, 1.54) is 0 Å². The van der Waals surface area contributed by atoms with Gasteiger partial charge in [0.05, 0.1) is 46.5 Å². The van der Waals surface area contributed by atoms with Gasteiger partial charge in [-0.15, -0.1) is 24.9 Å². The van der Waals surface area contributed by atoms with Gasteiger partial charge in [-0.25, -0.2) is 0 Å². The van der Waals surface area contributed by atoms with E-state index in [0.29, 0.717) is 30.0 Å². The molecule has 0 aromatic heterocycles. The number of ether oxygens (including phenoxy) is 1. The standard InChI is InChI=1S/C33H37ClN2O5S/c1-4-6-10-19-41-32(40)26-25-16-17-33(42-25)27(26)30(38)36(24(20-37)22-13-8-7-9-14-22)29(33)31(39)35(18-5-2)28-21(3)12-11-15-23(28)34/h4-5,7-9,11-15,24-27,29,37H,1-2,6,10,16-20H2,3H3/t24-,25-,26+,27+,29?,33?/m1/s1. The number of aliphatic hydroxyl groups is 1. The van der Waals surface area contributed by atoms with Gasteiger partial charge in [-0.1, -0.05) is 66.2 Å². The van der Waals surface area contributed by atoms with Crippen molar-refractivity contribution in [2.45, 2.75) is 54.7 Å². The molecular weight excluding hydrogens is 572 g/mol. The first-order chi connectivity index (χ1) is 20.3. The molecule has 9 heteroatoms. The number of fused-ring (bicyclic) bond motifs is 1. The van der Waals surface area contributed by atoms with Crippen molar-refractivity contribution in [3.63, 3.8) is 0 Å². The Hall–Kier alpha value is -3.07. The number of allylic oxidation sites excluding steroid dienone is 1. The maximum absolute atomic E-state index is 14.9. The number of likely N-dealkylation sites (tertiary alicyclic amines) is 1. The highest BCUT2D eigenvalue weighted by atomic mass is 35.5. The van der Waals surface area contributed by atoms with Crippen LogP contribution in [-0.2, 0) is 19.1 Å². The fourth-order valence-corrected chi connectivity index (χ4v) is 9.54. The minimum Gasteiger partial charge on any atom is -0.465 e. The van der Waals surface area contributed by atoms with E-state index in [9.17, 15) is 19.5 Å². The number of carbonyl (C=O) groups is 3. The van der Waals surface area contributed by atoms with Crippen LogP contribution in [0, 0.1) is 18.8 Å². The van der Waals surface area contributed by atoms with Gasteiger partial charge in [0.1, 0.15) is 6.04 Å². The van der Waals surface area contributed by atoms with Crippen molar-refractivity contribution in [2.24, 2.45) is 11.8 Å². The van der Waals surface area contributed by atoms with Crippen molar-refractivity contribution in [3.05, 3.63) is 90.0 Å². The third-order valence-corrected chi connectivity index (χ3v) is 11.0. The number of halogens is 1. The SMILES string of the molecule is C=CCCCOC(=O)[C@@H]1[C@H]2C(=O)N([C@H](CO)c3ccccc3)C(C(=O)N(CC=C)c3c(C)cccc3Cl)C23CC[C@H]1S3. The van der Waals surface area contributed by atoms with Crippen molar-refractivity contribution >= 4 is 46.8 Å². The Morgan fingerprint density at radius 3 is 2.64 bits per heavy atom. The molecule has 6 atom stereocenters. The molecule has 3 fully saturated rings. The van der Waals surface area contributed by atoms with Crippen LogP contribution in [-0.4, -0.2) is 63.6 Å². The van der Waals surface area contributed by atoms with Crippen molar-refractivity contribution in [3.8, 4) is 0 Å². The molecule has 3 aliphatic heterocycles. The average molecular weight is 609 g/mol. The first kappa shape index (κ1) is 30.4. The third kappa shape index (κ3) is 5.07. The number of rotatable bonds is 12. The molecule has 2 aromatic rings. The van der Waals surface area contributed by atoms with E-state index in [4.69, 9.17) is 16.3 Å². The zero-order valence-electron chi connectivity index (χ0n) is 23.8. The lowest BCUT2D eigenvalue weighted by Crippen LogP contribution is -2.56. The van der Waals surface area contributed by atoms with Crippen LogP contribution < -0.4 is 4.90 Å². The smallest absolute Gasteiger partial charge is 0.310 e. The number of para-hydroxylation sites is 1. The minimum absolute atomic E-state index is 0.123. The minimum atomic E-state index is -0.934. The van der Waals surface area contributed by atoms with E-state index < -0.39 is 34.6 Å². The molecule has 0 saturated carbocycles.